The predicted molar refractivity (Wildman–Crippen MR) is 285 cm³/mol. The number of ether oxygens (including phenoxy) is 4. The van der Waals surface area contributed by atoms with Crippen LogP contribution in [-0.2, 0) is 65.4 Å². The lowest BCUT2D eigenvalue weighted by Crippen LogP contribution is -2.30. The zero-order valence-electron chi connectivity index (χ0n) is 46.4. The number of aliphatic hydroxyl groups is 1. The van der Waals surface area contributed by atoms with Gasteiger partial charge >= 0.3 is 39.5 Å². The molecule has 73 heavy (non-hydrogen) atoms. The van der Waals surface area contributed by atoms with Gasteiger partial charge in [0.25, 0.3) is 0 Å². The molecule has 0 aliphatic rings. The molecule has 0 bridgehead atoms. The fraction of sp³-hybridized carbons (Fsp3) is 0.926. The molecular weight excluding hydrogens is 983 g/mol. The Balaban J connectivity index is 5.15. The smallest absolute Gasteiger partial charge is 0.462 e. The van der Waals surface area contributed by atoms with Gasteiger partial charge in [0, 0.05) is 25.7 Å². The van der Waals surface area contributed by atoms with Crippen molar-refractivity contribution in [2.45, 2.75) is 272 Å². The highest BCUT2D eigenvalue weighted by Crippen LogP contribution is 2.45. The van der Waals surface area contributed by atoms with E-state index >= 15 is 0 Å². The first-order valence-electron chi connectivity index (χ1n) is 28.5. The lowest BCUT2D eigenvalue weighted by molar-refractivity contribution is -0.161. The van der Waals surface area contributed by atoms with Crippen LogP contribution >= 0.6 is 15.6 Å². The molecule has 0 rings (SSSR count). The fourth-order valence-corrected chi connectivity index (χ4v) is 9.34. The molecule has 0 spiro atoms. The molecule has 0 heterocycles. The molecule has 0 saturated carbocycles. The van der Waals surface area contributed by atoms with Crippen LogP contribution in [0, 0.1) is 11.8 Å². The molecule has 5 atom stereocenters. The first kappa shape index (κ1) is 71.1. The number of carbonyl (C=O) groups is 4. The molecule has 2 unspecified atom stereocenters. The Morgan fingerprint density at radius 3 is 0.932 bits per heavy atom. The molecule has 3 N–H and O–H groups in total. The lowest BCUT2D eigenvalue weighted by atomic mass is 10.0. The number of phosphoric acid groups is 2. The van der Waals surface area contributed by atoms with Crippen molar-refractivity contribution in [3.05, 3.63) is 0 Å². The summed E-state index contributed by atoms with van der Waals surface area (Å²) in [7, 11) is -9.85. The first-order chi connectivity index (χ1) is 34.9. The summed E-state index contributed by atoms with van der Waals surface area (Å²) in [6.45, 7) is 9.16. The van der Waals surface area contributed by atoms with E-state index in [0.717, 1.165) is 109 Å². The maximum atomic E-state index is 12.9. The van der Waals surface area contributed by atoms with Crippen LogP contribution in [0.2, 0.25) is 0 Å². The number of esters is 4. The second-order valence-electron chi connectivity index (χ2n) is 20.6. The largest absolute Gasteiger partial charge is 0.472 e. The third-order valence-electron chi connectivity index (χ3n) is 12.2. The number of rotatable bonds is 53. The van der Waals surface area contributed by atoms with Crippen molar-refractivity contribution in [1.29, 1.82) is 0 Å². The van der Waals surface area contributed by atoms with Crippen molar-refractivity contribution in [1.82, 2.24) is 0 Å². The van der Waals surface area contributed by atoms with Crippen LogP contribution in [0.1, 0.15) is 253 Å². The zero-order chi connectivity index (χ0) is 54.4. The molecule has 432 valence electrons. The lowest BCUT2D eigenvalue weighted by Gasteiger charge is -2.21. The van der Waals surface area contributed by atoms with Gasteiger partial charge in [0.2, 0.25) is 0 Å². The van der Waals surface area contributed by atoms with Crippen molar-refractivity contribution in [2.75, 3.05) is 39.6 Å². The molecule has 0 saturated heterocycles. The van der Waals surface area contributed by atoms with Gasteiger partial charge in [0.15, 0.2) is 12.2 Å². The molecule has 0 fully saturated rings. The Morgan fingerprint density at radius 2 is 0.630 bits per heavy atom. The van der Waals surface area contributed by atoms with Crippen LogP contribution in [-0.4, -0.2) is 96.7 Å². The standard InChI is InChI=1S/C54H104O17P2/c1-7-9-11-22-30-36-51(56)64-42-49(70-53(58)38-32-23-12-10-8-2)44-68-72(60,61)66-40-48(55)41-67-73(62,63)69-45-50(43-65-52(57)37-31-26-21-17-19-25-29-35-47(5)6)71-54(59)39-33-27-20-16-14-13-15-18-24-28-34-46(3)4/h46-50,55H,7-45H2,1-6H3,(H,60,61)(H,62,63)/t48-,49+,50+/m0/s1. The van der Waals surface area contributed by atoms with E-state index in [0.29, 0.717) is 31.6 Å². The minimum Gasteiger partial charge on any atom is -0.462 e. The molecule has 19 heteroatoms. The van der Waals surface area contributed by atoms with Gasteiger partial charge in [-0.25, -0.2) is 9.13 Å². The van der Waals surface area contributed by atoms with Gasteiger partial charge in [0.05, 0.1) is 26.4 Å². The predicted octanol–water partition coefficient (Wildman–Crippen LogP) is 13.7. The van der Waals surface area contributed by atoms with Crippen molar-refractivity contribution >= 4 is 39.5 Å². The van der Waals surface area contributed by atoms with Crippen molar-refractivity contribution in [3.8, 4) is 0 Å². The van der Waals surface area contributed by atoms with Crippen molar-refractivity contribution in [3.63, 3.8) is 0 Å². The summed E-state index contributed by atoms with van der Waals surface area (Å²) < 4.78 is 67.1. The number of carbonyl (C=O) groups excluding carboxylic acids is 4. The van der Waals surface area contributed by atoms with E-state index < -0.39 is 97.5 Å². The summed E-state index contributed by atoms with van der Waals surface area (Å²) >= 11 is 0. The third kappa shape index (κ3) is 49.4. The van der Waals surface area contributed by atoms with Gasteiger partial charge in [-0.05, 0) is 37.5 Å². The van der Waals surface area contributed by atoms with Crippen LogP contribution in [0.15, 0.2) is 0 Å². The van der Waals surface area contributed by atoms with Crippen molar-refractivity contribution < 1.29 is 80.2 Å². The summed E-state index contributed by atoms with van der Waals surface area (Å²) in [5, 5.41) is 10.4. The molecule has 0 aromatic carbocycles. The molecule has 0 aromatic heterocycles. The van der Waals surface area contributed by atoms with Gasteiger partial charge in [-0.15, -0.1) is 0 Å². The maximum Gasteiger partial charge on any atom is 0.472 e. The molecule has 0 aliphatic heterocycles. The topological polar surface area (TPSA) is 237 Å². The molecule has 0 aromatic rings. The Hall–Kier alpha value is -1.94. The van der Waals surface area contributed by atoms with Gasteiger partial charge in [0.1, 0.15) is 19.3 Å². The molecule has 0 aliphatic carbocycles. The summed E-state index contributed by atoms with van der Waals surface area (Å²) in [6.07, 6.45) is 26.1. The molecular formula is C54H104O17P2. The Bertz CT molecular complexity index is 1460. The summed E-state index contributed by atoms with van der Waals surface area (Å²) in [5.74, 6) is -0.714. The number of hydrogen-bond acceptors (Lipinski definition) is 15. The minimum atomic E-state index is -4.93. The maximum absolute atomic E-state index is 12.9. The van der Waals surface area contributed by atoms with E-state index in [1.54, 1.807) is 0 Å². The average molecular weight is 1090 g/mol. The van der Waals surface area contributed by atoms with Crippen LogP contribution in [0.5, 0.6) is 0 Å². The molecule has 0 radical (unpaired) electrons. The number of aliphatic hydroxyl groups excluding tert-OH is 1. The monoisotopic (exact) mass is 1090 g/mol. The van der Waals surface area contributed by atoms with Gasteiger partial charge in [-0.3, -0.25) is 37.3 Å². The second-order valence-corrected chi connectivity index (χ2v) is 23.5. The second kappa shape index (κ2) is 47.3. The summed E-state index contributed by atoms with van der Waals surface area (Å²) in [6, 6.07) is 0. The highest BCUT2D eigenvalue weighted by atomic mass is 31.2. The van der Waals surface area contributed by atoms with Gasteiger partial charge in [-0.1, -0.05) is 202 Å². The van der Waals surface area contributed by atoms with E-state index in [4.69, 9.17) is 37.0 Å². The first-order valence-corrected chi connectivity index (χ1v) is 31.5. The Morgan fingerprint density at radius 1 is 0.370 bits per heavy atom. The average Bonchev–Trinajstić information content (AvgIpc) is 3.33. The highest BCUT2D eigenvalue weighted by molar-refractivity contribution is 7.47. The Kier molecular flexibility index (Phi) is 46.0. The number of hydrogen-bond donors (Lipinski definition) is 3. The fourth-order valence-electron chi connectivity index (χ4n) is 7.76. The van der Waals surface area contributed by atoms with Gasteiger partial charge < -0.3 is 33.8 Å². The van der Waals surface area contributed by atoms with E-state index in [-0.39, 0.29) is 25.7 Å². The van der Waals surface area contributed by atoms with Gasteiger partial charge in [-0.2, -0.15) is 0 Å². The van der Waals surface area contributed by atoms with E-state index in [9.17, 15) is 43.2 Å². The molecule has 0 amide bonds. The SMILES string of the molecule is CCCCCCCC(=O)OC[C@H](COP(=O)(O)OC[C@H](O)COP(=O)(O)OC[C@@H](COC(=O)CCCCCCCCCC(C)C)OC(=O)CCCCCCCCCCCCC(C)C)OC(=O)CCCCCCC. The van der Waals surface area contributed by atoms with Crippen molar-refractivity contribution in [2.24, 2.45) is 11.8 Å². The summed E-state index contributed by atoms with van der Waals surface area (Å²) in [4.78, 5) is 71.2. The number of phosphoric ester groups is 2. The normalized spacial score (nSPS) is 14.6. The quantitative estimate of drug-likeness (QED) is 0.0222. The number of unbranched alkanes of at least 4 members (excludes halogenated alkanes) is 23. The Labute approximate surface area is 441 Å². The van der Waals surface area contributed by atoms with Crippen LogP contribution in [0.3, 0.4) is 0 Å². The zero-order valence-corrected chi connectivity index (χ0v) is 48.2. The third-order valence-corrected chi connectivity index (χ3v) is 14.1. The van der Waals surface area contributed by atoms with Crippen LogP contribution < -0.4 is 0 Å². The highest BCUT2D eigenvalue weighted by Gasteiger charge is 2.30. The minimum absolute atomic E-state index is 0.0982. The molecule has 17 nitrogen and oxygen atoms in total. The van der Waals surface area contributed by atoms with E-state index in [2.05, 4.69) is 41.5 Å². The van der Waals surface area contributed by atoms with E-state index in [1.165, 1.54) is 57.8 Å². The van der Waals surface area contributed by atoms with Crippen LogP contribution in [0.4, 0.5) is 0 Å². The van der Waals surface area contributed by atoms with E-state index in [1.807, 2.05) is 0 Å². The summed E-state index contributed by atoms with van der Waals surface area (Å²) in [5.41, 5.74) is 0. The van der Waals surface area contributed by atoms with Crippen LogP contribution in [0.25, 0.3) is 0 Å².